The molecule has 0 saturated carbocycles. The fourth-order valence-corrected chi connectivity index (χ4v) is 3.52. The van der Waals surface area contributed by atoms with Crippen LogP contribution >= 0.6 is 11.3 Å². The maximum atomic E-state index is 11.7. The van der Waals surface area contributed by atoms with E-state index < -0.39 is 27.9 Å². The Kier molecular flexibility index (Phi) is 6.11. The molecule has 112 valence electrons. The predicted molar refractivity (Wildman–Crippen MR) is 74.0 cm³/mol. The lowest BCUT2D eigenvalue weighted by Crippen LogP contribution is -2.36. The van der Waals surface area contributed by atoms with E-state index in [1.807, 2.05) is 0 Å². The van der Waals surface area contributed by atoms with E-state index in [4.69, 9.17) is 5.11 Å². The number of carbonyl (C=O) groups excluding carboxylic acids is 1. The molecule has 1 heterocycles. The van der Waals surface area contributed by atoms with Gasteiger partial charge in [0.15, 0.2) is 0 Å². The first-order chi connectivity index (χ1) is 9.31. The highest BCUT2D eigenvalue weighted by atomic mass is 32.2. The summed E-state index contributed by atoms with van der Waals surface area (Å²) in [4.78, 5) is 21.9. The van der Waals surface area contributed by atoms with Crippen molar-refractivity contribution in [1.29, 1.82) is 0 Å². The molecule has 0 aliphatic carbocycles. The summed E-state index contributed by atoms with van der Waals surface area (Å²) in [6.45, 7) is 1.54. The normalized spacial score (nSPS) is 12.8. The van der Waals surface area contributed by atoms with Crippen LogP contribution in [0, 0.1) is 0 Å². The number of carboxylic acid groups (broad SMARTS) is 1. The third-order valence-corrected chi connectivity index (χ3v) is 5.15. The second-order valence-electron chi connectivity index (χ2n) is 4.15. The summed E-state index contributed by atoms with van der Waals surface area (Å²) in [6, 6.07) is 2.61. The van der Waals surface area contributed by atoms with Gasteiger partial charge < -0.3 is 10.4 Å². The van der Waals surface area contributed by atoms with Crippen molar-refractivity contribution in [3.8, 4) is 0 Å². The third-order valence-electron chi connectivity index (χ3n) is 2.29. The average Bonchev–Trinajstić information content (AvgIpc) is 2.80. The minimum absolute atomic E-state index is 0.0359. The van der Waals surface area contributed by atoms with E-state index in [2.05, 4.69) is 10.0 Å². The van der Waals surface area contributed by atoms with Gasteiger partial charge in [0.1, 0.15) is 4.21 Å². The molecule has 0 aliphatic heterocycles. The third kappa shape index (κ3) is 5.68. The van der Waals surface area contributed by atoms with E-state index in [0.29, 0.717) is 0 Å². The van der Waals surface area contributed by atoms with Gasteiger partial charge in [-0.2, -0.15) is 0 Å². The van der Waals surface area contributed by atoms with Crippen molar-refractivity contribution in [2.24, 2.45) is 0 Å². The van der Waals surface area contributed by atoms with Crippen molar-refractivity contribution in [3.63, 3.8) is 0 Å². The van der Waals surface area contributed by atoms with Gasteiger partial charge in [-0.3, -0.25) is 9.59 Å². The molecule has 0 aromatic carbocycles. The van der Waals surface area contributed by atoms with Gasteiger partial charge in [-0.15, -0.1) is 11.3 Å². The van der Waals surface area contributed by atoms with Gasteiger partial charge >= 0.3 is 5.97 Å². The Bertz CT molecular complexity index is 553. The summed E-state index contributed by atoms with van der Waals surface area (Å²) in [5, 5.41) is 12.7. The molecule has 0 spiro atoms. The van der Waals surface area contributed by atoms with Gasteiger partial charge in [0.05, 0.1) is 6.42 Å². The Hall–Kier alpha value is -1.45. The lowest BCUT2D eigenvalue weighted by Gasteiger charge is -2.11. The average molecular weight is 320 g/mol. The molecule has 1 rings (SSSR count). The van der Waals surface area contributed by atoms with Crippen molar-refractivity contribution >= 4 is 33.2 Å². The van der Waals surface area contributed by atoms with E-state index in [1.54, 1.807) is 18.4 Å². The Morgan fingerprint density at radius 1 is 1.45 bits per heavy atom. The summed E-state index contributed by atoms with van der Waals surface area (Å²) >= 11 is 1.09. The highest BCUT2D eigenvalue weighted by molar-refractivity contribution is 7.91. The summed E-state index contributed by atoms with van der Waals surface area (Å²) in [6.07, 6.45) is -0.221. The maximum absolute atomic E-state index is 11.7. The summed E-state index contributed by atoms with van der Waals surface area (Å²) in [5.41, 5.74) is 0. The van der Waals surface area contributed by atoms with Gasteiger partial charge in [-0.25, -0.2) is 13.1 Å². The van der Waals surface area contributed by atoms with Crippen molar-refractivity contribution in [2.75, 3.05) is 6.54 Å². The topological polar surface area (TPSA) is 113 Å². The van der Waals surface area contributed by atoms with Crippen molar-refractivity contribution in [1.82, 2.24) is 10.0 Å². The zero-order chi connectivity index (χ0) is 15.2. The highest BCUT2D eigenvalue weighted by Crippen LogP contribution is 2.14. The number of aliphatic carboxylic acids is 1. The molecule has 1 amide bonds. The number of amides is 1. The molecule has 9 heteroatoms. The summed E-state index contributed by atoms with van der Waals surface area (Å²) in [5.74, 6) is -1.40. The Morgan fingerprint density at radius 3 is 2.70 bits per heavy atom. The molecular weight excluding hydrogens is 304 g/mol. The van der Waals surface area contributed by atoms with Crippen LogP contribution in [0.5, 0.6) is 0 Å². The number of carboxylic acids is 1. The lowest BCUT2D eigenvalue weighted by atomic mass is 10.2. The van der Waals surface area contributed by atoms with Crippen molar-refractivity contribution < 1.29 is 23.1 Å². The molecule has 1 atom stereocenters. The monoisotopic (exact) mass is 320 g/mol. The number of thiophene rings is 1. The SMILES string of the molecule is CC(CC(=O)O)NC(=O)CCNS(=O)(=O)c1cccs1. The van der Waals surface area contributed by atoms with Crippen LogP contribution in [0.4, 0.5) is 0 Å². The van der Waals surface area contributed by atoms with Gasteiger partial charge in [-0.05, 0) is 18.4 Å². The number of carbonyl (C=O) groups is 2. The molecule has 1 unspecified atom stereocenters. The van der Waals surface area contributed by atoms with Crippen LogP contribution < -0.4 is 10.0 Å². The molecule has 1 aromatic heterocycles. The van der Waals surface area contributed by atoms with Crippen LogP contribution in [-0.2, 0) is 19.6 Å². The number of hydrogen-bond acceptors (Lipinski definition) is 5. The van der Waals surface area contributed by atoms with Crippen LogP contribution in [0.1, 0.15) is 19.8 Å². The summed E-state index contributed by atoms with van der Waals surface area (Å²) in [7, 11) is -3.57. The van der Waals surface area contributed by atoms with Gasteiger partial charge in [0.2, 0.25) is 15.9 Å². The molecule has 0 fully saturated rings. The van der Waals surface area contributed by atoms with E-state index in [9.17, 15) is 18.0 Å². The zero-order valence-corrected chi connectivity index (χ0v) is 12.5. The largest absolute Gasteiger partial charge is 0.481 e. The van der Waals surface area contributed by atoms with Crippen LogP contribution in [0.25, 0.3) is 0 Å². The second-order valence-corrected chi connectivity index (χ2v) is 7.09. The molecule has 1 aromatic rings. The Balaban J connectivity index is 2.34. The maximum Gasteiger partial charge on any atom is 0.305 e. The van der Waals surface area contributed by atoms with E-state index >= 15 is 0 Å². The predicted octanol–water partition coefficient (Wildman–Crippen LogP) is 0.396. The van der Waals surface area contributed by atoms with E-state index in [1.165, 1.54) is 6.07 Å². The fraction of sp³-hybridized carbons (Fsp3) is 0.455. The standard InChI is InChI=1S/C11H16N2O5S2/c1-8(7-10(15)16)13-9(14)4-5-12-20(17,18)11-3-2-6-19-11/h2-3,6,8,12H,4-5,7H2,1H3,(H,13,14)(H,15,16). The van der Waals surface area contributed by atoms with Crippen LogP contribution in [0.15, 0.2) is 21.7 Å². The highest BCUT2D eigenvalue weighted by Gasteiger charge is 2.16. The molecule has 20 heavy (non-hydrogen) atoms. The van der Waals surface area contributed by atoms with Crippen LogP contribution in [0.2, 0.25) is 0 Å². The molecule has 0 bridgehead atoms. The number of nitrogens with one attached hydrogen (secondary N) is 2. The van der Waals surface area contributed by atoms with Crippen LogP contribution in [-0.4, -0.2) is 38.0 Å². The molecule has 0 aliphatic rings. The van der Waals surface area contributed by atoms with Crippen LogP contribution in [0.3, 0.4) is 0 Å². The van der Waals surface area contributed by atoms with E-state index in [-0.39, 0.29) is 23.6 Å². The van der Waals surface area contributed by atoms with E-state index in [0.717, 1.165) is 11.3 Å². The first-order valence-electron chi connectivity index (χ1n) is 5.85. The molecule has 7 nitrogen and oxygen atoms in total. The molecule has 3 N–H and O–H groups in total. The van der Waals surface area contributed by atoms with Gasteiger partial charge in [-0.1, -0.05) is 6.07 Å². The number of sulfonamides is 1. The van der Waals surface area contributed by atoms with Gasteiger partial charge in [0, 0.05) is 19.0 Å². The molecular formula is C11H16N2O5S2. The lowest BCUT2D eigenvalue weighted by molar-refractivity contribution is -0.137. The number of rotatable bonds is 8. The zero-order valence-electron chi connectivity index (χ0n) is 10.8. The quantitative estimate of drug-likeness (QED) is 0.641. The van der Waals surface area contributed by atoms with Crippen molar-refractivity contribution in [2.45, 2.75) is 30.0 Å². The number of hydrogen-bond donors (Lipinski definition) is 3. The fourth-order valence-electron chi connectivity index (χ4n) is 1.45. The Labute approximate surface area is 121 Å². The molecule has 0 saturated heterocycles. The summed E-state index contributed by atoms with van der Waals surface area (Å²) < 4.78 is 26.0. The smallest absolute Gasteiger partial charge is 0.305 e. The first-order valence-corrected chi connectivity index (χ1v) is 8.22. The second kappa shape index (κ2) is 7.36. The first kappa shape index (κ1) is 16.6. The Morgan fingerprint density at radius 2 is 2.15 bits per heavy atom. The minimum atomic E-state index is -3.57. The van der Waals surface area contributed by atoms with Crippen molar-refractivity contribution in [3.05, 3.63) is 17.5 Å². The minimum Gasteiger partial charge on any atom is -0.481 e. The molecule has 0 radical (unpaired) electrons. The van der Waals surface area contributed by atoms with Gasteiger partial charge in [0.25, 0.3) is 0 Å².